The number of carbonyl (C=O) groups is 2. The predicted molar refractivity (Wildman–Crippen MR) is 127 cm³/mol. The van der Waals surface area contributed by atoms with Gasteiger partial charge in [0.05, 0.1) is 28.5 Å². The fourth-order valence-corrected chi connectivity index (χ4v) is 4.45. The molecule has 0 saturated carbocycles. The number of hydrogen-bond acceptors (Lipinski definition) is 7. The molecule has 1 aliphatic heterocycles. The van der Waals surface area contributed by atoms with Crippen LogP contribution in [0.5, 0.6) is 0 Å². The summed E-state index contributed by atoms with van der Waals surface area (Å²) in [6, 6.07) is 8.74. The van der Waals surface area contributed by atoms with Gasteiger partial charge in [-0.2, -0.15) is 5.26 Å². The molecule has 4 rings (SSSR count). The number of aryl methyl sites for hydroxylation is 1. The van der Waals surface area contributed by atoms with Crippen LogP contribution in [0.4, 0.5) is 5.69 Å². The number of rotatable bonds is 5. The highest BCUT2D eigenvalue weighted by Gasteiger charge is 2.29. The first kappa shape index (κ1) is 23.4. The number of aromatic nitrogens is 3. The minimum atomic E-state index is -1.19. The van der Waals surface area contributed by atoms with Gasteiger partial charge in [-0.25, -0.2) is 19.7 Å². The first-order valence-electron chi connectivity index (χ1n) is 10.8. The average Bonchev–Trinajstić information content (AvgIpc) is 2.80. The van der Waals surface area contributed by atoms with Gasteiger partial charge in [0, 0.05) is 31.5 Å². The lowest BCUT2D eigenvalue weighted by Gasteiger charge is -2.29. The van der Waals surface area contributed by atoms with Crippen molar-refractivity contribution in [2.45, 2.75) is 38.6 Å². The number of pyridine rings is 1. The first-order valence-corrected chi connectivity index (χ1v) is 11.2. The Morgan fingerprint density at radius 1 is 1.32 bits per heavy atom. The monoisotopic (exact) mass is 478 g/mol. The second-order valence-electron chi connectivity index (χ2n) is 8.50. The zero-order valence-corrected chi connectivity index (χ0v) is 19.7. The Morgan fingerprint density at radius 2 is 2.09 bits per heavy atom. The lowest BCUT2D eigenvalue weighted by Crippen LogP contribution is -2.36. The number of halogens is 1. The van der Waals surface area contributed by atoms with Crippen LogP contribution < -0.4 is 5.32 Å². The summed E-state index contributed by atoms with van der Waals surface area (Å²) < 4.78 is 0. The molecular weight excluding hydrogens is 456 g/mol. The number of fused-ring (bicyclic) bond motifs is 1. The topological polar surface area (TPSA) is 132 Å². The molecule has 174 valence electrons. The van der Waals surface area contributed by atoms with Crippen LogP contribution in [0.2, 0.25) is 5.15 Å². The Bertz CT molecular complexity index is 1350. The molecule has 1 fully saturated rings. The maximum absolute atomic E-state index is 12.0. The highest BCUT2D eigenvalue weighted by molar-refractivity contribution is 6.29. The molecule has 2 aromatic heterocycles. The van der Waals surface area contributed by atoms with Gasteiger partial charge in [0.15, 0.2) is 11.4 Å². The largest absolute Gasteiger partial charge is 0.476 e. The Morgan fingerprint density at radius 3 is 2.76 bits per heavy atom. The second kappa shape index (κ2) is 9.23. The highest BCUT2D eigenvalue weighted by Crippen LogP contribution is 2.32. The van der Waals surface area contributed by atoms with E-state index < -0.39 is 5.97 Å². The van der Waals surface area contributed by atoms with Gasteiger partial charge in [-0.05, 0) is 44.0 Å². The number of hydrogen-bond donors (Lipinski definition) is 2. The number of benzene rings is 1. The molecule has 1 amide bonds. The van der Waals surface area contributed by atoms with Crippen molar-refractivity contribution in [3.63, 3.8) is 0 Å². The Kier molecular flexibility index (Phi) is 6.35. The highest BCUT2D eigenvalue weighted by atomic mass is 35.5. The van der Waals surface area contributed by atoms with Crippen LogP contribution in [0.25, 0.3) is 11.0 Å². The molecule has 0 radical (unpaired) electrons. The number of nitrogens with zero attached hydrogens (tertiary/aromatic N) is 5. The van der Waals surface area contributed by atoms with E-state index in [4.69, 9.17) is 16.6 Å². The van der Waals surface area contributed by atoms with Crippen LogP contribution in [0, 0.1) is 18.3 Å². The van der Waals surface area contributed by atoms with Crippen LogP contribution in [0.1, 0.15) is 64.7 Å². The lowest BCUT2D eigenvalue weighted by molar-refractivity contribution is -0.132. The summed E-state index contributed by atoms with van der Waals surface area (Å²) in [5, 5.41) is 22.6. The molecule has 3 aromatic rings. The van der Waals surface area contributed by atoms with Crippen molar-refractivity contribution in [3.05, 3.63) is 57.6 Å². The Balaban J connectivity index is 1.79. The SMILES string of the molecule is Cc1cc([C@@H](C)Nc2ccc(Cl)nc2C(=O)O)c2nc(C3CCC(=O)N(C)C3)c(C#N)nc2c1. The number of carbonyl (C=O) groups excluding carboxylic acids is 1. The number of nitriles is 1. The molecule has 34 heavy (non-hydrogen) atoms. The van der Waals surface area contributed by atoms with E-state index >= 15 is 0 Å². The van der Waals surface area contributed by atoms with Gasteiger partial charge in [-0.15, -0.1) is 0 Å². The molecule has 1 aliphatic rings. The van der Waals surface area contributed by atoms with Gasteiger partial charge in [0.1, 0.15) is 11.2 Å². The molecule has 2 N–H and O–H groups in total. The molecular formula is C24H23ClN6O3. The summed E-state index contributed by atoms with van der Waals surface area (Å²) in [5.41, 5.74) is 3.92. The fraction of sp³-hybridized carbons (Fsp3) is 0.333. The zero-order chi connectivity index (χ0) is 24.6. The number of nitrogens with one attached hydrogen (secondary N) is 1. The number of likely N-dealkylation sites (N-methyl/N-ethyl adjacent to an activating group) is 1. The van der Waals surface area contributed by atoms with Gasteiger partial charge in [0.2, 0.25) is 5.91 Å². The zero-order valence-electron chi connectivity index (χ0n) is 19.0. The van der Waals surface area contributed by atoms with E-state index in [1.54, 1.807) is 18.0 Å². The smallest absolute Gasteiger partial charge is 0.356 e. The van der Waals surface area contributed by atoms with E-state index in [2.05, 4.69) is 21.4 Å². The van der Waals surface area contributed by atoms with E-state index in [0.29, 0.717) is 41.8 Å². The second-order valence-corrected chi connectivity index (χ2v) is 8.89. The molecule has 1 unspecified atom stereocenters. The number of likely N-dealkylation sites (tertiary alicyclic amines) is 1. The van der Waals surface area contributed by atoms with Gasteiger partial charge in [-0.1, -0.05) is 17.7 Å². The van der Waals surface area contributed by atoms with E-state index in [-0.39, 0.29) is 34.4 Å². The van der Waals surface area contributed by atoms with Crippen molar-refractivity contribution in [1.82, 2.24) is 19.9 Å². The molecule has 0 spiro atoms. The average molecular weight is 479 g/mol. The molecule has 0 bridgehead atoms. The van der Waals surface area contributed by atoms with Gasteiger partial charge < -0.3 is 15.3 Å². The van der Waals surface area contributed by atoms with E-state index in [1.165, 1.54) is 6.07 Å². The third kappa shape index (κ3) is 4.50. The fourth-order valence-electron chi connectivity index (χ4n) is 4.30. The van der Waals surface area contributed by atoms with Crippen molar-refractivity contribution in [3.8, 4) is 6.07 Å². The Labute approximate surface area is 201 Å². The van der Waals surface area contributed by atoms with Gasteiger partial charge >= 0.3 is 5.97 Å². The van der Waals surface area contributed by atoms with Crippen molar-refractivity contribution < 1.29 is 14.7 Å². The minimum Gasteiger partial charge on any atom is -0.476 e. The number of carboxylic acids is 1. The molecule has 2 atom stereocenters. The van der Waals surface area contributed by atoms with Crippen LogP contribution in [0.15, 0.2) is 24.3 Å². The van der Waals surface area contributed by atoms with Crippen LogP contribution in [-0.2, 0) is 4.79 Å². The summed E-state index contributed by atoms with van der Waals surface area (Å²) in [5.74, 6) is -1.21. The normalized spacial score (nSPS) is 16.9. The van der Waals surface area contributed by atoms with Gasteiger partial charge in [-0.3, -0.25) is 4.79 Å². The molecule has 10 heteroatoms. The van der Waals surface area contributed by atoms with Crippen LogP contribution in [-0.4, -0.2) is 50.4 Å². The summed E-state index contributed by atoms with van der Waals surface area (Å²) in [4.78, 5) is 38.7. The third-order valence-corrected chi connectivity index (χ3v) is 6.20. The predicted octanol–water partition coefficient (Wildman–Crippen LogP) is 4.07. The number of anilines is 1. The van der Waals surface area contributed by atoms with E-state index in [9.17, 15) is 20.0 Å². The maximum atomic E-state index is 12.0. The van der Waals surface area contributed by atoms with Crippen LogP contribution in [0.3, 0.4) is 0 Å². The lowest BCUT2D eigenvalue weighted by atomic mass is 9.92. The quantitative estimate of drug-likeness (QED) is 0.524. The minimum absolute atomic E-state index is 0.0726. The summed E-state index contributed by atoms with van der Waals surface area (Å²) >= 11 is 5.88. The van der Waals surface area contributed by atoms with Crippen molar-refractivity contribution >= 4 is 40.2 Å². The van der Waals surface area contributed by atoms with E-state index in [0.717, 1.165) is 11.1 Å². The third-order valence-electron chi connectivity index (χ3n) is 5.99. The molecule has 0 aliphatic carbocycles. The van der Waals surface area contributed by atoms with Gasteiger partial charge in [0.25, 0.3) is 0 Å². The molecule has 3 heterocycles. The van der Waals surface area contributed by atoms with E-state index in [1.807, 2.05) is 26.0 Å². The number of piperidine rings is 1. The maximum Gasteiger partial charge on any atom is 0.356 e. The summed E-state index contributed by atoms with van der Waals surface area (Å²) in [6.07, 6.45) is 0.997. The standard InChI is InChI=1S/C24H23ClN6O3/c1-12-8-15(13(2)27-16-5-6-19(25)29-23(16)24(33)34)22-17(9-12)28-18(10-26)21(30-22)14-4-7-20(32)31(3)11-14/h5-6,8-9,13-14,27H,4,7,11H2,1-3H3,(H,33,34)/t13-,14?/m1/s1. The number of amides is 1. The van der Waals surface area contributed by atoms with Crippen molar-refractivity contribution in [2.24, 2.45) is 0 Å². The van der Waals surface area contributed by atoms with Crippen molar-refractivity contribution in [1.29, 1.82) is 5.26 Å². The Hall–Kier alpha value is -3.77. The first-order chi connectivity index (χ1) is 16.2. The van der Waals surface area contributed by atoms with Crippen LogP contribution >= 0.6 is 11.6 Å². The number of carboxylic acid groups (broad SMARTS) is 1. The summed E-state index contributed by atoms with van der Waals surface area (Å²) in [6.45, 7) is 4.29. The molecule has 9 nitrogen and oxygen atoms in total. The van der Waals surface area contributed by atoms with Crippen molar-refractivity contribution in [2.75, 3.05) is 18.9 Å². The number of aromatic carboxylic acids is 1. The summed E-state index contributed by atoms with van der Waals surface area (Å²) in [7, 11) is 1.75. The molecule has 1 aromatic carbocycles. The molecule has 1 saturated heterocycles.